The molecule has 17 heavy (non-hydrogen) atoms. The van der Waals surface area contributed by atoms with Crippen LogP contribution in [0.1, 0.15) is 26.7 Å². The lowest BCUT2D eigenvalue weighted by atomic mass is 10.3. The minimum Gasteiger partial charge on any atom is -0.355 e. The maximum atomic E-state index is 11.6. The molecule has 0 spiro atoms. The maximum Gasteiger partial charge on any atom is 0.236 e. The molecule has 1 aromatic heterocycles. The number of nitrogens with zero attached hydrogens (tertiary/aromatic N) is 2. The normalized spacial score (nSPS) is 12.4. The van der Waals surface area contributed by atoms with Crippen LogP contribution in [-0.4, -0.2) is 34.6 Å². The van der Waals surface area contributed by atoms with E-state index in [9.17, 15) is 4.79 Å². The summed E-state index contributed by atoms with van der Waals surface area (Å²) in [7, 11) is 0. The number of imidazole rings is 1. The second-order valence-electron chi connectivity index (χ2n) is 4.12. The average Bonchev–Trinajstić information content (AvgIpc) is 2.82. The molecule has 1 heterocycles. The highest BCUT2D eigenvalue weighted by Gasteiger charge is 2.10. The number of aromatic nitrogens is 2. The van der Waals surface area contributed by atoms with Crippen molar-refractivity contribution in [1.29, 1.82) is 0 Å². The number of carbonyl (C=O) groups excluding carboxylic acids is 1. The van der Waals surface area contributed by atoms with Crippen molar-refractivity contribution in [2.75, 3.05) is 13.1 Å². The molecule has 0 aromatic carbocycles. The van der Waals surface area contributed by atoms with Gasteiger partial charge in [-0.3, -0.25) is 4.79 Å². The number of amides is 1. The highest BCUT2D eigenvalue weighted by Crippen LogP contribution is 1.88. The number of hydrogen-bond donors (Lipinski definition) is 2. The molecule has 0 aliphatic carbocycles. The van der Waals surface area contributed by atoms with Gasteiger partial charge in [-0.1, -0.05) is 13.3 Å². The Balaban J connectivity index is 2.11. The van der Waals surface area contributed by atoms with Crippen molar-refractivity contribution in [2.45, 2.75) is 39.3 Å². The number of unbranched alkanes of at least 4 members (excludes halogenated alkanes) is 1. The monoisotopic (exact) mass is 238 g/mol. The molecule has 5 heteroatoms. The van der Waals surface area contributed by atoms with Crippen LogP contribution in [0.2, 0.25) is 0 Å². The van der Waals surface area contributed by atoms with Crippen LogP contribution in [0.3, 0.4) is 0 Å². The summed E-state index contributed by atoms with van der Waals surface area (Å²) >= 11 is 0. The van der Waals surface area contributed by atoms with Crippen LogP contribution in [0.4, 0.5) is 0 Å². The molecule has 0 radical (unpaired) electrons. The minimum absolute atomic E-state index is 0.0732. The van der Waals surface area contributed by atoms with E-state index >= 15 is 0 Å². The summed E-state index contributed by atoms with van der Waals surface area (Å²) in [5.74, 6) is 0.0732. The van der Waals surface area contributed by atoms with E-state index in [0.29, 0.717) is 0 Å². The third-order valence-corrected chi connectivity index (χ3v) is 2.60. The molecule has 5 nitrogen and oxygen atoms in total. The number of carbonyl (C=O) groups is 1. The SMILES string of the molecule is CCCCNC(=O)C(C)NCCn1ccnc1. The highest BCUT2D eigenvalue weighted by atomic mass is 16.2. The van der Waals surface area contributed by atoms with Gasteiger partial charge >= 0.3 is 0 Å². The fourth-order valence-electron chi connectivity index (χ4n) is 1.46. The number of rotatable bonds is 8. The topological polar surface area (TPSA) is 59.0 Å². The first-order valence-corrected chi connectivity index (χ1v) is 6.21. The Labute approximate surface area is 103 Å². The van der Waals surface area contributed by atoms with Crippen molar-refractivity contribution in [3.05, 3.63) is 18.7 Å². The quantitative estimate of drug-likeness (QED) is 0.658. The molecule has 0 bridgehead atoms. The van der Waals surface area contributed by atoms with Crippen LogP contribution < -0.4 is 10.6 Å². The van der Waals surface area contributed by atoms with Gasteiger partial charge in [0.05, 0.1) is 12.4 Å². The Morgan fingerprint density at radius 1 is 1.47 bits per heavy atom. The molecule has 0 aliphatic heterocycles. The summed E-state index contributed by atoms with van der Waals surface area (Å²) in [4.78, 5) is 15.6. The van der Waals surface area contributed by atoms with Crippen LogP contribution in [0.5, 0.6) is 0 Å². The lowest BCUT2D eigenvalue weighted by Gasteiger charge is -2.14. The third kappa shape index (κ3) is 5.49. The first-order valence-electron chi connectivity index (χ1n) is 6.21. The van der Waals surface area contributed by atoms with Gasteiger partial charge in [0, 0.05) is 32.0 Å². The molecule has 0 fully saturated rings. The van der Waals surface area contributed by atoms with Crippen molar-refractivity contribution < 1.29 is 4.79 Å². The smallest absolute Gasteiger partial charge is 0.236 e. The van der Waals surface area contributed by atoms with Gasteiger partial charge in [-0.15, -0.1) is 0 Å². The van der Waals surface area contributed by atoms with E-state index in [0.717, 1.165) is 32.5 Å². The zero-order valence-electron chi connectivity index (χ0n) is 10.6. The highest BCUT2D eigenvalue weighted by molar-refractivity contribution is 5.81. The van der Waals surface area contributed by atoms with E-state index in [1.165, 1.54) is 0 Å². The number of hydrogen-bond acceptors (Lipinski definition) is 3. The van der Waals surface area contributed by atoms with Crippen LogP contribution in [0.25, 0.3) is 0 Å². The lowest BCUT2D eigenvalue weighted by molar-refractivity contribution is -0.122. The first-order chi connectivity index (χ1) is 8.24. The van der Waals surface area contributed by atoms with Gasteiger partial charge in [0.1, 0.15) is 0 Å². The predicted octanol–water partition coefficient (Wildman–Crippen LogP) is 0.777. The fraction of sp³-hybridized carbons (Fsp3) is 0.667. The fourth-order valence-corrected chi connectivity index (χ4v) is 1.46. The molecule has 2 N–H and O–H groups in total. The Morgan fingerprint density at radius 3 is 2.94 bits per heavy atom. The molecule has 1 rings (SSSR count). The van der Waals surface area contributed by atoms with Crippen molar-refractivity contribution in [3.63, 3.8) is 0 Å². The Bertz CT molecular complexity index is 310. The van der Waals surface area contributed by atoms with Crippen molar-refractivity contribution >= 4 is 5.91 Å². The molecule has 96 valence electrons. The molecule has 1 atom stereocenters. The maximum absolute atomic E-state index is 11.6. The summed E-state index contributed by atoms with van der Waals surface area (Å²) < 4.78 is 1.98. The van der Waals surface area contributed by atoms with Crippen LogP contribution in [-0.2, 0) is 11.3 Å². The summed E-state index contributed by atoms with van der Waals surface area (Å²) in [6, 6.07) is -0.143. The first kappa shape index (κ1) is 13.7. The molecule has 1 amide bonds. The minimum atomic E-state index is -0.143. The molecule has 1 aromatic rings. The molecule has 0 saturated heterocycles. The lowest BCUT2D eigenvalue weighted by Crippen LogP contribution is -2.43. The average molecular weight is 238 g/mol. The van der Waals surface area contributed by atoms with E-state index < -0.39 is 0 Å². The standard InChI is InChI=1S/C12H22N4O/c1-3-4-5-15-12(17)11(2)14-7-9-16-8-6-13-10-16/h6,8,10-11,14H,3-5,7,9H2,1-2H3,(H,15,17). The van der Waals surface area contributed by atoms with Crippen LogP contribution in [0.15, 0.2) is 18.7 Å². The van der Waals surface area contributed by atoms with Crippen molar-refractivity contribution in [3.8, 4) is 0 Å². The molecular weight excluding hydrogens is 216 g/mol. The molecule has 1 unspecified atom stereocenters. The van der Waals surface area contributed by atoms with Crippen molar-refractivity contribution in [2.24, 2.45) is 0 Å². The number of nitrogens with one attached hydrogen (secondary N) is 2. The van der Waals surface area contributed by atoms with E-state index in [1.807, 2.05) is 17.7 Å². The molecule has 0 saturated carbocycles. The van der Waals surface area contributed by atoms with E-state index in [-0.39, 0.29) is 11.9 Å². The summed E-state index contributed by atoms with van der Waals surface area (Å²) in [6.07, 6.45) is 7.57. The Hall–Kier alpha value is -1.36. The predicted molar refractivity (Wildman–Crippen MR) is 67.6 cm³/mol. The third-order valence-electron chi connectivity index (χ3n) is 2.60. The van der Waals surface area contributed by atoms with Gasteiger partial charge in [-0.05, 0) is 13.3 Å². The largest absolute Gasteiger partial charge is 0.355 e. The van der Waals surface area contributed by atoms with E-state index in [1.54, 1.807) is 12.5 Å². The van der Waals surface area contributed by atoms with Gasteiger partial charge in [0.25, 0.3) is 0 Å². The van der Waals surface area contributed by atoms with Gasteiger partial charge < -0.3 is 15.2 Å². The van der Waals surface area contributed by atoms with E-state index in [4.69, 9.17) is 0 Å². The van der Waals surface area contributed by atoms with E-state index in [2.05, 4.69) is 22.5 Å². The van der Waals surface area contributed by atoms with Gasteiger partial charge in [0.15, 0.2) is 0 Å². The summed E-state index contributed by atoms with van der Waals surface area (Å²) in [6.45, 7) is 6.35. The second kappa shape index (κ2) is 7.84. The van der Waals surface area contributed by atoms with Gasteiger partial charge in [-0.25, -0.2) is 4.98 Å². The summed E-state index contributed by atoms with van der Waals surface area (Å²) in [5.41, 5.74) is 0. The van der Waals surface area contributed by atoms with Gasteiger partial charge in [0.2, 0.25) is 5.91 Å². The zero-order chi connectivity index (χ0) is 12.5. The van der Waals surface area contributed by atoms with Gasteiger partial charge in [-0.2, -0.15) is 0 Å². The summed E-state index contributed by atoms with van der Waals surface area (Å²) in [5, 5.41) is 6.09. The Morgan fingerprint density at radius 2 is 2.29 bits per heavy atom. The zero-order valence-corrected chi connectivity index (χ0v) is 10.6. The van der Waals surface area contributed by atoms with Crippen molar-refractivity contribution in [1.82, 2.24) is 20.2 Å². The van der Waals surface area contributed by atoms with Crippen LogP contribution >= 0.6 is 0 Å². The molecule has 0 aliphatic rings. The molecular formula is C12H22N4O. The second-order valence-corrected chi connectivity index (χ2v) is 4.12. The Kier molecular flexibility index (Phi) is 6.32. The van der Waals surface area contributed by atoms with Crippen LogP contribution in [0, 0.1) is 0 Å².